The van der Waals surface area contributed by atoms with E-state index in [9.17, 15) is 18.0 Å². The molecule has 0 bridgehead atoms. The standard InChI is InChI=1S/C17H15F3N4OS/c1-11-14(16(25)21-7-6-13-3-2-8-26-13)10-23-24(11)15-5-4-12(9-22-15)17(18,19)20/h2-5,8-10H,6-7H2,1H3,(H,21,25). The number of thiophene rings is 1. The molecule has 0 saturated heterocycles. The average Bonchev–Trinajstić information content (AvgIpc) is 3.24. The van der Waals surface area contributed by atoms with Crippen LogP contribution in [0.15, 0.2) is 42.0 Å². The van der Waals surface area contributed by atoms with Gasteiger partial charge in [-0.25, -0.2) is 9.67 Å². The first kappa shape index (κ1) is 18.1. The highest BCUT2D eigenvalue weighted by Gasteiger charge is 2.30. The van der Waals surface area contributed by atoms with Crippen LogP contribution in [0.25, 0.3) is 5.82 Å². The molecule has 0 fully saturated rings. The van der Waals surface area contributed by atoms with Gasteiger partial charge in [0.25, 0.3) is 5.91 Å². The molecule has 0 aliphatic rings. The second-order valence-electron chi connectivity index (χ2n) is 5.54. The summed E-state index contributed by atoms with van der Waals surface area (Å²) in [5, 5.41) is 8.86. The molecule has 1 amide bonds. The zero-order valence-corrected chi connectivity index (χ0v) is 14.6. The van der Waals surface area contributed by atoms with Crippen LogP contribution in [-0.4, -0.2) is 27.2 Å². The Kier molecular flexibility index (Phi) is 5.08. The Morgan fingerprint density at radius 3 is 2.69 bits per heavy atom. The molecule has 3 aromatic rings. The van der Waals surface area contributed by atoms with Gasteiger partial charge in [0, 0.05) is 17.6 Å². The molecular weight excluding hydrogens is 365 g/mol. The van der Waals surface area contributed by atoms with Crippen molar-refractivity contribution in [2.24, 2.45) is 0 Å². The molecule has 0 radical (unpaired) electrons. The molecule has 3 heterocycles. The highest BCUT2D eigenvalue weighted by atomic mass is 32.1. The summed E-state index contributed by atoms with van der Waals surface area (Å²) >= 11 is 1.62. The van der Waals surface area contributed by atoms with E-state index in [-0.39, 0.29) is 11.7 Å². The Morgan fingerprint density at radius 1 is 1.27 bits per heavy atom. The van der Waals surface area contributed by atoms with E-state index in [1.807, 2.05) is 17.5 Å². The van der Waals surface area contributed by atoms with Crippen LogP contribution in [0.3, 0.4) is 0 Å². The number of alkyl halides is 3. The van der Waals surface area contributed by atoms with E-state index in [2.05, 4.69) is 15.4 Å². The van der Waals surface area contributed by atoms with Crippen LogP contribution in [0.5, 0.6) is 0 Å². The van der Waals surface area contributed by atoms with Crippen molar-refractivity contribution < 1.29 is 18.0 Å². The van der Waals surface area contributed by atoms with Gasteiger partial charge in [0.1, 0.15) is 0 Å². The fourth-order valence-electron chi connectivity index (χ4n) is 2.39. The Labute approximate surface area is 151 Å². The molecule has 0 aliphatic heterocycles. The minimum absolute atomic E-state index is 0.216. The Hall–Kier alpha value is -2.68. The first-order valence-corrected chi connectivity index (χ1v) is 8.63. The summed E-state index contributed by atoms with van der Waals surface area (Å²) in [6.45, 7) is 2.16. The van der Waals surface area contributed by atoms with E-state index in [1.165, 1.54) is 21.8 Å². The van der Waals surface area contributed by atoms with Crippen LogP contribution in [0.4, 0.5) is 13.2 Å². The third-order valence-corrected chi connectivity index (χ3v) is 4.72. The number of halogens is 3. The molecule has 26 heavy (non-hydrogen) atoms. The van der Waals surface area contributed by atoms with Gasteiger partial charge in [0.05, 0.1) is 23.0 Å². The van der Waals surface area contributed by atoms with E-state index < -0.39 is 11.7 Å². The van der Waals surface area contributed by atoms with Crippen molar-refractivity contribution in [3.8, 4) is 5.82 Å². The number of amides is 1. The minimum atomic E-state index is -4.45. The summed E-state index contributed by atoms with van der Waals surface area (Å²) in [5.74, 6) is -0.0645. The lowest BCUT2D eigenvalue weighted by molar-refractivity contribution is -0.137. The number of aromatic nitrogens is 3. The van der Waals surface area contributed by atoms with E-state index in [0.717, 1.165) is 18.7 Å². The van der Waals surface area contributed by atoms with Crippen LogP contribution in [0.1, 0.15) is 26.5 Å². The van der Waals surface area contributed by atoms with Gasteiger partial charge >= 0.3 is 6.18 Å². The number of nitrogens with zero attached hydrogens (tertiary/aromatic N) is 3. The topological polar surface area (TPSA) is 59.8 Å². The number of carbonyl (C=O) groups is 1. The van der Waals surface area contributed by atoms with E-state index >= 15 is 0 Å². The molecule has 0 spiro atoms. The second kappa shape index (κ2) is 7.28. The number of pyridine rings is 1. The van der Waals surface area contributed by atoms with Gasteiger partial charge in [-0.15, -0.1) is 11.3 Å². The lowest BCUT2D eigenvalue weighted by Gasteiger charge is -2.08. The van der Waals surface area contributed by atoms with Gasteiger partial charge in [-0.2, -0.15) is 18.3 Å². The summed E-state index contributed by atoms with van der Waals surface area (Å²) in [6.07, 6.45) is -1.58. The van der Waals surface area contributed by atoms with Crippen LogP contribution in [0.2, 0.25) is 0 Å². The molecule has 5 nitrogen and oxygen atoms in total. The normalized spacial score (nSPS) is 11.5. The molecule has 0 aliphatic carbocycles. The Bertz CT molecular complexity index is 886. The predicted octanol–water partition coefficient (Wildman–Crippen LogP) is 3.63. The molecule has 0 atom stereocenters. The Morgan fingerprint density at radius 2 is 2.08 bits per heavy atom. The van der Waals surface area contributed by atoms with Crippen LogP contribution in [-0.2, 0) is 12.6 Å². The van der Waals surface area contributed by atoms with E-state index in [1.54, 1.807) is 18.3 Å². The van der Waals surface area contributed by atoms with Crippen molar-refractivity contribution in [3.05, 3.63) is 63.7 Å². The molecule has 0 unspecified atom stereocenters. The van der Waals surface area contributed by atoms with Crippen LogP contribution in [0, 0.1) is 6.92 Å². The summed E-state index contributed by atoms with van der Waals surface area (Å²) in [7, 11) is 0. The number of nitrogens with one attached hydrogen (secondary N) is 1. The molecule has 0 saturated carbocycles. The number of rotatable bonds is 5. The van der Waals surface area contributed by atoms with Crippen molar-refractivity contribution in [1.29, 1.82) is 0 Å². The van der Waals surface area contributed by atoms with Crippen LogP contribution < -0.4 is 5.32 Å². The van der Waals surface area contributed by atoms with Gasteiger partial charge in [-0.05, 0) is 36.9 Å². The Balaban J connectivity index is 1.70. The van der Waals surface area contributed by atoms with E-state index in [0.29, 0.717) is 17.8 Å². The lowest BCUT2D eigenvalue weighted by atomic mass is 10.2. The zero-order valence-electron chi connectivity index (χ0n) is 13.7. The van der Waals surface area contributed by atoms with Gasteiger partial charge < -0.3 is 5.32 Å². The highest BCUT2D eigenvalue weighted by molar-refractivity contribution is 7.09. The molecule has 0 aromatic carbocycles. The smallest absolute Gasteiger partial charge is 0.352 e. The third kappa shape index (κ3) is 3.93. The quantitative estimate of drug-likeness (QED) is 0.735. The molecular formula is C17H15F3N4OS. The first-order chi connectivity index (χ1) is 12.4. The van der Waals surface area contributed by atoms with Gasteiger partial charge in [0.2, 0.25) is 0 Å². The number of hydrogen-bond donors (Lipinski definition) is 1. The SMILES string of the molecule is Cc1c(C(=O)NCCc2cccs2)cnn1-c1ccc(C(F)(F)F)cn1. The average molecular weight is 380 g/mol. The maximum Gasteiger partial charge on any atom is 0.417 e. The second-order valence-corrected chi connectivity index (χ2v) is 6.58. The van der Waals surface area contributed by atoms with Crippen molar-refractivity contribution in [2.45, 2.75) is 19.5 Å². The van der Waals surface area contributed by atoms with E-state index in [4.69, 9.17) is 0 Å². The summed E-state index contributed by atoms with van der Waals surface area (Å²) in [6, 6.07) is 6.11. The zero-order chi connectivity index (χ0) is 18.7. The molecule has 3 aromatic heterocycles. The maximum atomic E-state index is 12.6. The van der Waals surface area contributed by atoms with Gasteiger partial charge in [-0.3, -0.25) is 4.79 Å². The van der Waals surface area contributed by atoms with Gasteiger partial charge in [0.15, 0.2) is 5.82 Å². The fourth-order valence-corrected chi connectivity index (χ4v) is 3.10. The summed E-state index contributed by atoms with van der Waals surface area (Å²) in [4.78, 5) is 17.3. The molecule has 9 heteroatoms. The van der Waals surface area contributed by atoms with Crippen molar-refractivity contribution in [3.63, 3.8) is 0 Å². The summed E-state index contributed by atoms with van der Waals surface area (Å²) < 4.78 is 39.2. The molecule has 3 rings (SSSR count). The first-order valence-electron chi connectivity index (χ1n) is 7.75. The number of carbonyl (C=O) groups excluding carboxylic acids is 1. The monoisotopic (exact) mass is 380 g/mol. The molecule has 1 N–H and O–H groups in total. The maximum absolute atomic E-state index is 12.6. The number of hydrogen-bond acceptors (Lipinski definition) is 4. The predicted molar refractivity (Wildman–Crippen MR) is 91.5 cm³/mol. The third-order valence-electron chi connectivity index (χ3n) is 3.78. The van der Waals surface area contributed by atoms with Crippen molar-refractivity contribution in [1.82, 2.24) is 20.1 Å². The van der Waals surface area contributed by atoms with Crippen LogP contribution >= 0.6 is 11.3 Å². The lowest BCUT2D eigenvalue weighted by Crippen LogP contribution is -2.26. The highest BCUT2D eigenvalue weighted by Crippen LogP contribution is 2.28. The fraction of sp³-hybridized carbons (Fsp3) is 0.235. The molecule has 136 valence electrons. The minimum Gasteiger partial charge on any atom is -0.352 e. The van der Waals surface area contributed by atoms with Crippen molar-refractivity contribution in [2.75, 3.05) is 6.54 Å². The van der Waals surface area contributed by atoms with Gasteiger partial charge in [-0.1, -0.05) is 6.07 Å². The van der Waals surface area contributed by atoms with Crippen molar-refractivity contribution >= 4 is 17.2 Å². The largest absolute Gasteiger partial charge is 0.417 e. The summed E-state index contributed by atoms with van der Waals surface area (Å²) in [5.41, 5.74) is 0.0290.